The predicted molar refractivity (Wildman–Crippen MR) is 86.8 cm³/mol. The Kier molecular flexibility index (Phi) is 3.97. The number of aromatic nitrogens is 2. The lowest BCUT2D eigenvalue weighted by molar-refractivity contribution is -0.125. The largest absolute Gasteiger partial charge is 0.347 e. The maximum Gasteiger partial charge on any atom is 0.241 e. The van der Waals surface area contributed by atoms with Gasteiger partial charge in [0.15, 0.2) is 9.84 Å². The molecule has 0 atom stereocenters. The Morgan fingerprint density at radius 2 is 2.00 bits per heavy atom. The van der Waals surface area contributed by atoms with Gasteiger partial charge in [0.05, 0.1) is 6.54 Å². The molecule has 122 valence electrons. The maximum absolute atomic E-state index is 12.4. The standard InChI is InChI=1S/C16H19N3O3S/c1-23(21,22)16(8-5-9-16)15(20)18-12-14-17-10-11-19(14)13-6-3-2-4-7-13/h2-4,6-7,10-11H,5,8-9,12H2,1H3,(H,18,20). The number of imidazole rings is 1. The first-order chi connectivity index (χ1) is 10.9. The highest BCUT2D eigenvalue weighted by atomic mass is 32.2. The van der Waals surface area contributed by atoms with Crippen LogP contribution in [0.4, 0.5) is 0 Å². The molecule has 1 heterocycles. The maximum atomic E-state index is 12.4. The van der Waals surface area contributed by atoms with E-state index in [1.54, 1.807) is 6.20 Å². The summed E-state index contributed by atoms with van der Waals surface area (Å²) >= 11 is 0. The molecule has 1 amide bonds. The first-order valence-electron chi connectivity index (χ1n) is 7.50. The first-order valence-corrected chi connectivity index (χ1v) is 9.39. The molecule has 1 aromatic carbocycles. The van der Waals surface area contributed by atoms with Gasteiger partial charge in [-0.2, -0.15) is 0 Å². The van der Waals surface area contributed by atoms with Crippen LogP contribution in [0.2, 0.25) is 0 Å². The Hall–Kier alpha value is -2.15. The number of nitrogens with zero attached hydrogens (tertiary/aromatic N) is 2. The van der Waals surface area contributed by atoms with Gasteiger partial charge in [-0.15, -0.1) is 0 Å². The van der Waals surface area contributed by atoms with E-state index in [-0.39, 0.29) is 6.54 Å². The molecular formula is C16H19N3O3S. The number of carbonyl (C=O) groups excluding carboxylic acids is 1. The van der Waals surface area contributed by atoms with Gasteiger partial charge in [-0.1, -0.05) is 18.2 Å². The van der Waals surface area contributed by atoms with Crippen LogP contribution in [-0.4, -0.2) is 34.9 Å². The van der Waals surface area contributed by atoms with Crippen molar-refractivity contribution >= 4 is 15.7 Å². The SMILES string of the molecule is CS(=O)(=O)C1(C(=O)NCc2nccn2-c2ccccc2)CCC1. The zero-order valence-corrected chi connectivity index (χ0v) is 13.7. The fourth-order valence-electron chi connectivity index (χ4n) is 2.87. The van der Waals surface area contributed by atoms with Crippen LogP contribution in [0, 0.1) is 0 Å². The van der Waals surface area contributed by atoms with Crippen LogP contribution in [0.3, 0.4) is 0 Å². The van der Waals surface area contributed by atoms with Crippen LogP contribution in [-0.2, 0) is 21.2 Å². The molecule has 1 fully saturated rings. The number of benzene rings is 1. The van der Waals surface area contributed by atoms with Gasteiger partial charge in [0.25, 0.3) is 0 Å². The molecule has 3 rings (SSSR count). The molecular weight excluding hydrogens is 314 g/mol. The van der Waals surface area contributed by atoms with E-state index >= 15 is 0 Å². The number of rotatable bonds is 5. The van der Waals surface area contributed by atoms with Crippen LogP contribution >= 0.6 is 0 Å². The Balaban J connectivity index is 1.75. The van der Waals surface area contributed by atoms with E-state index in [0.29, 0.717) is 18.7 Å². The molecule has 1 aliphatic carbocycles. The molecule has 1 saturated carbocycles. The van der Waals surface area contributed by atoms with Gasteiger partial charge in [0.2, 0.25) is 5.91 Å². The normalized spacial score (nSPS) is 16.6. The van der Waals surface area contributed by atoms with Crippen LogP contribution in [0.15, 0.2) is 42.7 Å². The molecule has 1 N–H and O–H groups in total. The lowest BCUT2D eigenvalue weighted by Crippen LogP contribution is -2.56. The molecule has 0 saturated heterocycles. The fourth-order valence-corrected chi connectivity index (χ4v) is 4.31. The average molecular weight is 333 g/mol. The van der Waals surface area contributed by atoms with Crippen molar-refractivity contribution in [1.82, 2.24) is 14.9 Å². The molecule has 2 aromatic rings. The summed E-state index contributed by atoms with van der Waals surface area (Å²) in [6, 6.07) is 9.65. The molecule has 0 bridgehead atoms. The summed E-state index contributed by atoms with van der Waals surface area (Å²) in [7, 11) is -3.42. The van der Waals surface area contributed by atoms with Crippen LogP contribution in [0.1, 0.15) is 25.1 Å². The number of hydrogen-bond acceptors (Lipinski definition) is 4. The minimum Gasteiger partial charge on any atom is -0.347 e. The summed E-state index contributed by atoms with van der Waals surface area (Å²) in [5, 5.41) is 2.74. The van der Waals surface area contributed by atoms with Crippen molar-refractivity contribution in [1.29, 1.82) is 0 Å². The lowest BCUT2D eigenvalue weighted by Gasteiger charge is -2.38. The number of hydrogen-bond donors (Lipinski definition) is 1. The summed E-state index contributed by atoms with van der Waals surface area (Å²) in [4.78, 5) is 16.7. The minimum absolute atomic E-state index is 0.192. The highest BCUT2D eigenvalue weighted by molar-refractivity contribution is 7.93. The van der Waals surface area contributed by atoms with Crippen molar-refractivity contribution in [3.63, 3.8) is 0 Å². The van der Waals surface area contributed by atoms with Crippen LogP contribution in [0.25, 0.3) is 5.69 Å². The molecule has 0 unspecified atom stereocenters. The average Bonchev–Trinajstić information content (AvgIpc) is 2.91. The van der Waals surface area contributed by atoms with Crippen molar-refractivity contribution in [3.8, 4) is 5.69 Å². The second kappa shape index (κ2) is 5.81. The molecule has 23 heavy (non-hydrogen) atoms. The summed E-state index contributed by atoms with van der Waals surface area (Å²) in [6.45, 7) is 0.192. The molecule has 0 aliphatic heterocycles. The number of carbonyl (C=O) groups is 1. The third kappa shape index (κ3) is 2.76. The Morgan fingerprint density at radius 1 is 1.30 bits per heavy atom. The summed E-state index contributed by atoms with van der Waals surface area (Å²) in [5.74, 6) is 0.237. The van der Waals surface area contributed by atoms with Gasteiger partial charge >= 0.3 is 0 Å². The van der Waals surface area contributed by atoms with E-state index in [1.165, 1.54) is 0 Å². The van der Waals surface area contributed by atoms with Crippen LogP contribution in [0.5, 0.6) is 0 Å². The fraction of sp³-hybridized carbons (Fsp3) is 0.375. The van der Waals surface area contributed by atoms with E-state index in [9.17, 15) is 13.2 Å². The van der Waals surface area contributed by atoms with E-state index in [2.05, 4.69) is 10.3 Å². The van der Waals surface area contributed by atoms with Gasteiger partial charge in [-0.05, 0) is 31.4 Å². The Labute approximate surface area is 135 Å². The third-order valence-electron chi connectivity index (χ3n) is 4.44. The molecule has 7 heteroatoms. The number of nitrogens with one attached hydrogen (secondary N) is 1. The predicted octanol–water partition coefficient (Wildman–Crippen LogP) is 1.46. The van der Waals surface area contributed by atoms with Gasteiger partial charge < -0.3 is 9.88 Å². The molecule has 0 spiro atoms. The van der Waals surface area contributed by atoms with Gasteiger partial charge in [-0.3, -0.25) is 4.79 Å². The second-order valence-electron chi connectivity index (χ2n) is 5.85. The second-order valence-corrected chi connectivity index (χ2v) is 8.18. The number of sulfone groups is 1. The quantitative estimate of drug-likeness (QED) is 0.898. The van der Waals surface area contributed by atoms with Crippen molar-refractivity contribution in [2.75, 3.05) is 6.26 Å². The molecule has 1 aliphatic rings. The molecule has 6 nitrogen and oxygen atoms in total. The lowest BCUT2D eigenvalue weighted by atomic mass is 9.83. The number of amides is 1. The smallest absolute Gasteiger partial charge is 0.241 e. The Morgan fingerprint density at radius 3 is 2.57 bits per heavy atom. The number of para-hydroxylation sites is 1. The minimum atomic E-state index is -3.42. The van der Waals surface area contributed by atoms with E-state index < -0.39 is 20.5 Å². The first kappa shape index (κ1) is 15.7. The van der Waals surface area contributed by atoms with Crippen molar-refractivity contribution in [2.24, 2.45) is 0 Å². The van der Waals surface area contributed by atoms with Gasteiger partial charge in [0.1, 0.15) is 10.6 Å². The van der Waals surface area contributed by atoms with E-state index in [4.69, 9.17) is 0 Å². The summed E-state index contributed by atoms with van der Waals surface area (Å²) < 4.78 is 24.5. The highest BCUT2D eigenvalue weighted by Crippen LogP contribution is 2.39. The highest BCUT2D eigenvalue weighted by Gasteiger charge is 2.52. The van der Waals surface area contributed by atoms with E-state index in [1.807, 2.05) is 41.1 Å². The van der Waals surface area contributed by atoms with E-state index in [0.717, 1.165) is 18.4 Å². The van der Waals surface area contributed by atoms with Crippen molar-refractivity contribution in [2.45, 2.75) is 30.6 Å². The van der Waals surface area contributed by atoms with Crippen molar-refractivity contribution < 1.29 is 13.2 Å². The molecule has 0 radical (unpaired) electrons. The monoisotopic (exact) mass is 333 g/mol. The zero-order chi connectivity index (χ0) is 16.5. The zero-order valence-electron chi connectivity index (χ0n) is 12.9. The van der Waals surface area contributed by atoms with Crippen molar-refractivity contribution in [3.05, 3.63) is 48.5 Å². The summed E-state index contributed by atoms with van der Waals surface area (Å²) in [5.41, 5.74) is 0.940. The van der Waals surface area contributed by atoms with Crippen LogP contribution < -0.4 is 5.32 Å². The molecule has 1 aromatic heterocycles. The van der Waals surface area contributed by atoms with Gasteiger partial charge in [-0.25, -0.2) is 13.4 Å². The van der Waals surface area contributed by atoms with Gasteiger partial charge in [0, 0.05) is 24.3 Å². The summed E-state index contributed by atoms with van der Waals surface area (Å²) in [6.07, 6.45) is 6.15. The Bertz CT molecular complexity index is 808. The third-order valence-corrected chi connectivity index (χ3v) is 6.46. The topological polar surface area (TPSA) is 81.1 Å².